The third-order valence-electron chi connectivity index (χ3n) is 2.66. The number of aromatic amines is 1. The molecule has 0 spiro atoms. The Morgan fingerprint density at radius 1 is 1.31 bits per heavy atom. The summed E-state index contributed by atoms with van der Waals surface area (Å²) in [5.41, 5.74) is -0.669. The van der Waals surface area contributed by atoms with Crippen LogP contribution in [0.25, 0.3) is 0 Å². The van der Waals surface area contributed by atoms with E-state index in [0.29, 0.717) is 6.54 Å². The maximum atomic E-state index is 11.3. The van der Waals surface area contributed by atoms with Gasteiger partial charge in [0, 0.05) is 18.8 Å². The molecule has 0 radical (unpaired) electrons. The molecule has 0 aliphatic carbocycles. The Labute approximate surface area is 94.7 Å². The molecule has 5 heteroatoms. The smallest absolute Gasteiger partial charge is 0.304 e. The van der Waals surface area contributed by atoms with Gasteiger partial charge < -0.3 is 9.47 Å². The average Bonchev–Trinajstić information content (AvgIpc) is 2.27. The van der Waals surface area contributed by atoms with Crippen molar-refractivity contribution >= 4 is 0 Å². The Hall–Kier alpha value is -1.36. The first kappa shape index (κ1) is 12.7. The second-order valence-corrected chi connectivity index (χ2v) is 3.68. The second-order valence-electron chi connectivity index (χ2n) is 3.68. The summed E-state index contributed by atoms with van der Waals surface area (Å²) < 4.78 is 1.53. The lowest BCUT2D eigenvalue weighted by molar-refractivity contribution is 0.292. The van der Waals surface area contributed by atoms with Crippen molar-refractivity contribution < 1.29 is 0 Å². The van der Waals surface area contributed by atoms with Gasteiger partial charge in [-0.25, -0.2) is 4.79 Å². The number of aryl methyl sites for hydroxylation is 1. The van der Waals surface area contributed by atoms with Gasteiger partial charge in [-0.05, 0) is 26.1 Å². The summed E-state index contributed by atoms with van der Waals surface area (Å²) in [5.74, 6) is 0. The summed E-state index contributed by atoms with van der Waals surface area (Å²) >= 11 is 0. The van der Waals surface area contributed by atoms with E-state index in [1.165, 1.54) is 10.6 Å². The summed E-state index contributed by atoms with van der Waals surface area (Å²) in [6.07, 6.45) is 2.46. The molecule has 90 valence electrons. The molecule has 0 atom stereocenters. The van der Waals surface area contributed by atoms with Gasteiger partial charge in [0.1, 0.15) is 0 Å². The molecule has 0 aromatic carbocycles. The number of H-pyrrole nitrogens is 1. The molecule has 0 unspecified atom stereocenters. The SMILES string of the molecule is CCN(CC)CCCn1ccc(=O)[nH]c1=O. The Bertz CT molecular complexity index is 418. The summed E-state index contributed by atoms with van der Waals surface area (Å²) in [6, 6.07) is 1.37. The highest BCUT2D eigenvalue weighted by atomic mass is 16.2. The van der Waals surface area contributed by atoms with Crippen LogP contribution >= 0.6 is 0 Å². The van der Waals surface area contributed by atoms with Gasteiger partial charge in [-0.1, -0.05) is 13.8 Å². The molecular weight excluding hydrogens is 206 g/mol. The lowest BCUT2D eigenvalue weighted by atomic mass is 10.3. The number of nitrogens with one attached hydrogen (secondary N) is 1. The van der Waals surface area contributed by atoms with Crippen LogP contribution in [0.3, 0.4) is 0 Å². The van der Waals surface area contributed by atoms with E-state index in [4.69, 9.17) is 0 Å². The van der Waals surface area contributed by atoms with Crippen molar-refractivity contribution in [3.05, 3.63) is 33.1 Å². The molecule has 16 heavy (non-hydrogen) atoms. The van der Waals surface area contributed by atoms with Crippen LogP contribution in [0.1, 0.15) is 20.3 Å². The van der Waals surface area contributed by atoms with Gasteiger partial charge in [-0.2, -0.15) is 0 Å². The number of hydrogen-bond acceptors (Lipinski definition) is 3. The molecule has 0 aliphatic heterocycles. The first-order valence-electron chi connectivity index (χ1n) is 5.69. The van der Waals surface area contributed by atoms with Crippen LogP contribution in [0.4, 0.5) is 0 Å². The fourth-order valence-corrected chi connectivity index (χ4v) is 1.62. The van der Waals surface area contributed by atoms with Crippen molar-refractivity contribution in [3.8, 4) is 0 Å². The molecule has 1 aromatic rings. The highest BCUT2D eigenvalue weighted by molar-refractivity contribution is 4.82. The number of nitrogens with zero attached hydrogens (tertiary/aromatic N) is 2. The van der Waals surface area contributed by atoms with Gasteiger partial charge in [-0.3, -0.25) is 9.78 Å². The fourth-order valence-electron chi connectivity index (χ4n) is 1.62. The van der Waals surface area contributed by atoms with Crippen LogP contribution in [0.15, 0.2) is 21.9 Å². The second kappa shape index (κ2) is 6.27. The number of aromatic nitrogens is 2. The molecule has 5 nitrogen and oxygen atoms in total. The molecule has 0 aliphatic rings. The first-order chi connectivity index (χ1) is 7.67. The minimum Gasteiger partial charge on any atom is -0.304 e. The zero-order valence-electron chi connectivity index (χ0n) is 9.90. The zero-order valence-corrected chi connectivity index (χ0v) is 9.90. The number of hydrogen-bond donors (Lipinski definition) is 1. The largest absolute Gasteiger partial charge is 0.328 e. The van der Waals surface area contributed by atoms with Gasteiger partial charge in [0.15, 0.2) is 0 Å². The van der Waals surface area contributed by atoms with Crippen molar-refractivity contribution in [1.82, 2.24) is 14.5 Å². The van der Waals surface area contributed by atoms with Crippen LogP contribution in [-0.4, -0.2) is 34.1 Å². The van der Waals surface area contributed by atoms with Crippen LogP contribution in [-0.2, 0) is 6.54 Å². The fraction of sp³-hybridized carbons (Fsp3) is 0.636. The lowest BCUT2D eigenvalue weighted by Gasteiger charge is -2.17. The van der Waals surface area contributed by atoms with E-state index in [1.54, 1.807) is 6.20 Å². The van der Waals surface area contributed by atoms with E-state index in [1.807, 2.05) is 0 Å². The van der Waals surface area contributed by atoms with Crippen molar-refractivity contribution in [3.63, 3.8) is 0 Å². The Kier molecular flexibility index (Phi) is 4.98. The predicted octanol–water partition coefficient (Wildman–Crippen LogP) is 0.269. The van der Waals surface area contributed by atoms with Gasteiger partial charge in [0.2, 0.25) is 0 Å². The third-order valence-corrected chi connectivity index (χ3v) is 2.66. The number of rotatable bonds is 6. The van der Waals surface area contributed by atoms with E-state index in [0.717, 1.165) is 26.1 Å². The monoisotopic (exact) mass is 225 g/mol. The van der Waals surface area contributed by atoms with Crippen LogP contribution in [0.2, 0.25) is 0 Å². The van der Waals surface area contributed by atoms with Crippen molar-refractivity contribution in [2.75, 3.05) is 19.6 Å². The summed E-state index contributed by atoms with van der Waals surface area (Å²) in [4.78, 5) is 26.7. The predicted molar refractivity (Wildman–Crippen MR) is 63.7 cm³/mol. The minimum atomic E-state index is -0.343. The molecule has 1 N–H and O–H groups in total. The third kappa shape index (κ3) is 3.66. The topological polar surface area (TPSA) is 58.1 Å². The highest BCUT2D eigenvalue weighted by Gasteiger charge is 2.00. The quantitative estimate of drug-likeness (QED) is 0.756. The van der Waals surface area contributed by atoms with Gasteiger partial charge in [0.05, 0.1) is 0 Å². The molecule has 0 amide bonds. The highest BCUT2D eigenvalue weighted by Crippen LogP contribution is 1.92. The Morgan fingerprint density at radius 2 is 2.00 bits per heavy atom. The van der Waals surface area contributed by atoms with E-state index in [9.17, 15) is 9.59 Å². The lowest BCUT2D eigenvalue weighted by Crippen LogP contribution is -2.30. The Morgan fingerprint density at radius 3 is 2.56 bits per heavy atom. The maximum absolute atomic E-state index is 11.3. The minimum absolute atomic E-state index is 0.327. The molecule has 0 fully saturated rings. The van der Waals surface area contributed by atoms with Crippen LogP contribution in [0, 0.1) is 0 Å². The molecular formula is C11H19N3O2. The standard InChI is InChI=1S/C11H19N3O2/c1-3-13(4-2)7-5-8-14-9-6-10(15)12-11(14)16/h6,9H,3-5,7-8H2,1-2H3,(H,12,15,16). The van der Waals surface area contributed by atoms with E-state index in [-0.39, 0.29) is 11.2 Å². The summed E-state index contributed by atoms with van der Waals surface area (Å²) in [6.45, 7) is 7.91. The van der Waals surface area contributed by atoms with Crippen LogP contribution < -0.4 is 11.2 Å². The van der Waals surface area contributed by atoms with Gasteiger partial charge in [-0.15, -0.1) is 0 Å². The van der Waals surface area contributed by atoms with Crippen molar-refractivity contribution in [2.24, 2.45) is 0 Å². The Balaban J connectivity index is 2.49. The van der Waals surface area contributed by atoms with Gasteiger partial charge >= 0.3 is 5.69 Å². The summed E-state index contributed by atoms with van der Waals surface area (Å²) in [7, 11) is 0. The van der Waals surface area contributed by atoms with Crippen molar-refractivity contribution in [2.45, 2.75) is 26.8 Å². The van der Waals surface area contributed by atoms with E-state index >= 15 is 0 Å². The molecule has 1 rings (SSSR count). The van der Waals surface area contributed by atoms with Crippen molar-refractivity contribution in [1.29, 1.82) is 0 Å². The summed E-state index contributed by atoms with van der Waals surface area (Å²) in [5, 5.41) is 0. The average molecular weight is 225 g/mol. The molecule has 0 bridgehead atoms. The normalized spacial score (nSPS) is 10.9. The molecule has 1 heterocycles. The van der Waals surface area contributed by atoms with Gasteiger partial charge in [0.25, 0.3) is 5.56 Å². The van der Waals surface area contributed by atoms with E-state index < -0.39 is 0 Å². The maximum Gasteiger partial charge on any atom is 0.328 e. The molecule has 1 aromatic heterocycles. The first-order valence-corrected chi connectivity index (χ1v) is 5.69. The van der Waals surface area contributed by atoms with Crippen LogP contribution in [0.5, 0.6) is 0 Å². The molecule has 0 saturated carbocycles. The van der Waals surface area contributed by atoms with E-state index in [2.05, 4.69) is 23.7 Å². The zero-order chi connectivity index (χ0) is 12.0. The molecule has 0 saturated heterocycles.